The molecule has 1 heterocycles. The minimum atomic E-state index is -3.56. The molecule has 0 unspecified atom stereocenters. The number of hydrogen-bond donors (Lipinski definition) is 1. The molecule has 0 bridgehead atoms. The maximum atomic E-state index is 13.1. The number of fused-ring (bicyclic) bond motifs is 1. The van der Waals surface area contributed by atoms with Crippen LogP contribution in [-0.2, 0) is 14.8 Å². The zero-order valence-corrected chi connectivity index (χ0v) is 19.0. The highest BCUT2D eigenvalue weighted by Gasteiger charge is 2.29. The van der Waals surface area contributed by atoms with Gasteiger partial charge in [0.2, 0.25) is 15.9 Å². The lowest BCUT2D eigenvalue weighted by Crippen LogP contribution is -2.50. The predicted molar refractivity (Wildman–Crippen MR) is 126 cm³/mol. The molecule has 0 saturated carbocycles. The van der Waals surface area contributed by atoms with Crippen LogP contribution in [0.5, 0.6) is 0 Å². The fourth-order valence-electron chi connectivity index (χ4n) is 3.68. The maximum absolute atomic E-state index is 13.1. The second-order valence-electron chi connectivity index (χ2n) is 7.47. The number of nitrogens with zero attached hydrogens (tertiary/aromatic N) is 2. The van der Waals surface area contributed by atoms with Crippen molar-refractivity contribution in [3.8, 4) is 0 Å². The van der Waals surface area contributed by atoms with Crippen LogP contribution in [0.1, 0.15) is 0 Å². The maximum Gasteiger partial charge on any atom is 0.243 e. The fourth-order valence-corrected chi connectivity index (χ4v) is 5.55. The van der Waals surface area contributed by atoms with Gasteiger partial charge in [-0.2, -0.15) is 4.31 Å². The van der Waals surface area contributed by atoms with E-state index < -0.39 is 10.0 Å². The number of benzene rings is 3. The Hall–Kier alpha value is -2.39. The van der Waals surface area contributed by atoms with Crippen LogP contribution in [0.2, 0.25) is 0 Å². The van der Waals surface area contributed by atoms with Crippen molar-refractivity contribution in [3.05, 3.63) is 66.7 Å². The van der Waals surface area contributed by atoms with Crippen molar-refractivity contribution in [1.82, 2.24) is 9.21 Å². The summed E-state index contributed by atoms with van der Waals surface area (Å²) in [5.41, 5.74) is 0.764. The standard InChI is InChI=1S/C23H25N3O3S2/c1-30-21-9-7-20(8-10-21)24-23(27)17-25-12-14-26(15-13-25)31(28,29)22-11-6-18-4-2-3-5-19(18)16-22/h2-11,16H,12-15,17H2,1H3,(H,24,27). The van der Waals surface area contributed by atoms with Crippen LogP contribution in [0.25, 0.3) is 10.8 Å². The summed E-state index contributed by atoms with van der Waals surface area (Å²) in [5, 5.41) is 4.82. The number of rotatable bonds is 6. The molecule has 0 radical (unpaired) electrons. The van der Waals surface area contributed by atoms with Crippen LogP contribution in [0.15, 0.2) is 76.5 Å². The molecule has 1 amide bonds. The number of carbonyl (C=O) groups is 1. The van der Waals surface area contributed by atoms with Gasteiger partial charge in [-0.3, -0.25) is 9.69 Å². The number of thioether (sulfide) groups is 1. The van der Waals surface area contributed by atoms with Gasteiger partial charge in [0.15, 0.2) is 0 Å². The Labute approximate surface area is 187 Å². The summed E-state index contributed by atoms with van der Waals surface area (Å²) in [6, 6.07) is 20.7. The fraction of sp³-hybridized carbons (Fsp3) is 0.261. The third kappa shape index (κ3) is 5.10. The van der Waals surface area contributed by atoms with E-state index in [1.807, 2.05) is 65.8 Å². The monoisotopic (exact) mass is 455 g/mol. The molecule has 1 aliphatic rings. The number of piperazine rings is 1. The Morgan fingerprint density at radius 3 is 2.29 bits per heavy atom. The first-order chi connectivity index (χ1) is 15.0. The first kappa shape index (κ1) is 21.8. The van der Waals surface area contributed by atoms with Crippen LogP contribution in [0, 0.1) is 0 Å². The Morgan fingerprint density at radius 2 is 1.61 bits per heavy atom. The number of nitrogens with one attached hydrogen (secondary N) is 1. The molecule has 1 saturated heterocycles. The Morgan fingerprint density at radius 1 is 0.935 bits per heavy atom. The van der Waals surface area contributed by atoms with E-state index in [1.165, 1.54) is 4.31 Å². The zero-order valence-electron chi connectivity index (χ0n) is 17.3. The Bertz CT molecular complexity index is 1170. The molecule has 3 aromatic carbocycles. The Kier molecular flexibility index (Phi) is 6.62. The first-order valence-corrected chi connectivity index (χ1v) is 12.8. The quantitative estimate of drug-likeness (QED) is 0.576. The Balaban J connectivity index is 1.34. The minimum Gasteiger partial charge on any atom is -0.325 e. The van der Waals surface area contributed by atoms with Crippen LogP contribution < -0.4 is 5.32 Å². The van der Waals surface area contributed by atoms with Crippen molar-refractivity contribution in [2.75, 3.05) is 44.3 Å². The summed E-state index contributed by atoms with van der Waals surface area (Å²) >= 11 is 1.65. The smallest absolute Gasteiger partial charge is 0.243 e. The van der Waals surface area contributed by atoms with E-state index in [0.717, 1.165) is 21.4 Å². The van der Waals surface area contributed by atoms with E-state index in [-0.39, 0.29) is 12.5 Å². The van der Waals surface area contributed by atoms with Crippen LogP contribution in [0.3, 0.4) is 0 Å². The average molecular weight is 456 g/mol. The lowest BCUT2D eigenvalue weighted by molar-refractivity contribution is -0.117. The highest BCUT2D eigenvalue weighted by molar-refractivity contribution is 7.98. The second kappa shape index (κ2) is 9.40. The summed E-state index contributed by atoms with van der Waals surface area (Å²) in [6.07, 6.45) is 2.01. The highest BCUT2D eigenvalue weighted by atomic mass is 32.2. The van der Waals surface area contributed by atoms with E-state index in [2.05, 4.69) is 5.32 Å². The van der Waals surface area contributed by atoms with Gasteiger partial charge >= 0.3 is 0 Å². The van der Waals surface area contributed by atoms with Gasteiger partial charge in [-0.25, -0.2) is 8.42 Å². The van der Waals surface area contributed by atoms with Crippen molar-refractivity contribution >= 4 is 44.2 Å². The molecule has 8 heteroatoms. The van der Waals surface area contributed by atoms with Gasteiger partial charge in [-0.05, 0) is 53.4 Å². The summed E-state index contributed by atoms with van der Waals surface area (Å²) < 4.78 is 27.7. The van der Waals surface area contributed by atoms with Gasteiger partial charge in [0.05, 0.1) is 11.4 Å². The molecule has 4 rings (SSSR count). The molecule has 162 valence electrons. The third-order valence-electron chi connectivity index (χ3n) is 5.43. The number of amides is 1. The molecule has 1 fully saturated rings. The molecule has 0 aromatic heterocycles. The molecular formula is C23H25N3O3S2. The van der Waals surface area contributed by atoms with E-state index in [1.54, 1.807) is 23.9 Å². The van der Waals surface area contributed by atoms with Crippen molar-refractivity contribution in [2.45, 2.75) is 9.79 Å². The number of anilines is 1. The summed E-state index contributed by atoms with van der Waals surface area (Å²) in [6.45, 7) is 2.02. The van der Waals surface area contributed by atoms with Crippen molar-refractivity contribution in [2.24, 2.45) is 0 Å². The number of sulfonamides is 1. The van der Waals surface area contributed by atoms with Crippen LogP contribution in [0.4, 0.5) is 5.69 Å². The molecule has 1 aliphatic heterocycles. The SMILES string of the molecule is CSc1ccc(NC(=O)CN2CCN(S(=O)(=O)c3ccc4ccccc4c3)CC2)cc1. The molecule has 3 aromatic rings. The molecular weight excluding hydrogens is 430 g/mol. The van der Waals surface area contributed by atoms with Crippen molar-refractivity contribution < 1.29 is 13.2 Å². The summed E-state index contributed by atoms with van der Waals surface area (Å²) in [7, 11) is -3.56. The average Bonchev–Trinajstić information content (AvgIpc) is 2.79. The van der Waals surface area contributed by atoms with Gasteiger partial charge < -0.3 is 5.32 Å². The lowest BCUT2D eigenvalue weighted by Gasteiger charge is -2.33. The minimum absolute atomic E-state index is 0.0947. The number of carbonyl (C=O) groups excluding carboxylic acids is 1. The molecule has 0 spiro atoms. The molecule has 0 aliphatic carbocycles. The van der Waals surface area contributed by atoms with Crippen molar-refractivity contribution in [3.63, 3.8) is 0 Å². The van der Waals surface area contributed by atoms with E-state index in [9.17, 15) is 13.2 Å². The zero-order chi connectivity index (χ0) is 21.8. The lowest BCUT2D eigenvalue weighted by atomic mass is 10.1. The molecule has 6 nitrogen and oxygen atoms in total. The molecule has 31 heavy (non-hydrogen) atoms. The predicted octanol–water partition coefficient (Wildman–Crippen LogP) is 3.51. The van der Waals surface area contributed by atoms with Crippen LogP contribution in [-0.4, -0.2) is 62.5 Å². The van der Waals surface area contributed by atoms with Gasteiger partial charge in [0.25, 0.3) is 0 Å². The molecule has 1 N–H and O–H groups in total. The van der Waals surface area contributed by atoms with Gasteiger partial charge in [-0.15, -0.1) is 11.8 Å². The van der Waals surface area contributed by atoms with Gasteiger partial charge in [0.1, 0.15) is 0 Å². The summed E-state index contributed by atoms with van der Waals surface area (Å²) in [4.78, 5) is 15.8. The topological polar surface area (TPSA) is 69.7 Å². The van der Waals surface area contributed by atoms with E-state index in [4.69, 9.17) is 0 Å². The highest BCUT2D eigenvalue weighted by Crippen LogP contribution is 2.23. The summed E-state index contributed by atoms with van der Waals surface area (Å²) in [5.74, 6) is -0.0947. The molecule has 0 atom stereocenters. The first-order valence-electron chi connectivity index (χ1n) is 10.1. The third-order valence-corrected chi connectivity index (χ3v) is 8.07. The van der Waals surface area contributed by atoms with E-state index in [0.29, 0.717) is 31.1 Å². The largest absolute Gasteiger partial charge is 0.325 e. The second-order valence-corrected chi connectivity index (χ2v) is 10.3. The van der Waals surface area contributed by atoms with Gasteiger partial charge in [0, 0.05) is 36.8 Å². The normalized spacial score (nSPS) is 15.8. The number of hydrogen-bond acceptors (Lipinski definition) is 5. The van der Waals surface area contributed by atoms with Crippen LogP contribution >= 0.6 is 11.8 Å². The van der Waals surface area contributed by atoms with Gasteiger partial charge in [-0.1, -0.05) is 30.3 Å². The van der Waals surface area contributed by atoms with Crippen molar-refractivity contribution in [1.29, 1.82) is 0 Å². The van der Waals surface area contributed by atoms with E-state index >= 15 is 0 Å².